The van der Waals surface area contributed by atoms with Crippen molar-refractivity contribution in [3.05, 3.63) is 64.4 Å². The van der Waals surface area contributed by atoms with Crippen molar-refractivity contribution in [1.29, 1.82) is 0 Å². The number of rotatable bonds is 8. The number of ether oxygens (including phenoxy) is 1. The first-order valence-electron chi connectivity index (χ1n) is 8.34. The Balaban J connectivity index is 1.76. The summed E-state index contributed by atoms with van der Waals surface area (Å²) >= 11 is 12.9. The zero-order valence-corrected chi connectivity index (χ0v) is 17.1. The molecule has 0 aromatic heterocycles. The maximum Gasteiger partial charge on any atom is 0.339 e. The van der Waals surface area contributed by atoms with Gasteiger partial charge in [0.25, 0.3) is 0 Å². The summed E-state index contributed by atoms with van der Waals surface area (Å²) in [6.07, 6.45) is 0. The van der Waals surface area contributed by atoms with E-state index in [1.807, 2.05) is 6.07 Å². The summed E-state index contributed by atoms with van der Waals surface area (Å²) in [5.41, 5.74) is 1.61. The van der Waals surface area contributed by atoms with Crippen molar-refractivity contribution in [3.8, 4) is 0 Å². The number of esters is 1. The van der Waals surface area contributed by atoms with Crippen LogP contribution in [0.25, 0.3) is 0 Å². The van der Waals surface area contributed by atoms with Gasteiger partial charge in [-0.2, -0.15) is 11.8 Å². The third-order valence-electron chi connectivity index (χ3n) is 3.47. The first-order chi connectivity index (χ1) is 13.0. The SMILES string of the molecule is CCOC(=O)c1cc(NC(=S)NCCSCc2ccccc2F)ccc1Cl. The van der Waals surface area contributed by atoms with Gasteiger partial charge < -0.3 is 15.4 Å². The predicted octanol–water partition coefficient (Wildman–Crippen LogP) is 4.88. The highest BCUT2D eigenvalue weighted by Gasteiger charge is 2.12. The molecule has 0 radical (unpaired) electrons. The third kappa shape index (κ3) is 7.01. The Morgan fingerprint density at radius 2 is 2.07 bits per heavy atom. The van der Waals surface area contributed by atoms with Gasteiger partial charge in [-0.25, -0.2) is 9.18 Å². The van der Waals surface area contributed by atoms with Gasteiger partial charge in [0.15, 0.2) is 5.11 Å². The van der Waals surface area contributed by atoms with Crippen LogP contribution in [0.2, 0.25) is 5.02 Å². The summed E-state index contributed by atoms with van der Waals surface area (Å²) in [5.74, 6) is 0.712. The third-order valence-corrected chi connectivity index (χ3v) is 5.05. The maximum absolute atomic E-state index is 13.5. The molecule has 0 fully saturated rings. The number of thioether (sulfide) groups is 1. The minimum absolute atomic E-state index is 0.185. The van der Waals surface area contributed by atoms with Crippen LogP contribution in [0.15, 0.2) is 42.5 Å². The second-order valence-electron chi connectivity index (χ2n) is 5.44. The van der Waals surface area contributed by atoms with Gasteiger partial charge in [0.1, 0.15) is 5.82 Å². The van der Waals surface area contributed by atoms with E-state index >= 15 is 0 Å². The number of carbonyl (C=O) groups excluding carboxylic acids is 1. The number of hydrogen-bond donors (Lipinski definition) is 2. The fourth-order valence-corrected chi connectivity index (χ4v) is 3.44. The lowest BCUT2D eigenvalue weighted by Crippen LogP contribution is -2.30. The van der Waals surface area contributed by atoms with E-state index in [0.29, 0.717) is 33.7 Å². The molecule has 0 atom stereocenters. The van der Waals surface area contributed by atoms with E-state index < -0.39 is 5.97 Å². The molecule has 2 rings (SSSR count). The number of halogens is 2. The van der Waals surface area contributed by atoms with Crippen LogP contribution in [0.3, 0.4) is 0 Å². The molecule has 0 heterocycles. The molecule has 0 aliphatic rings. The van der Waals surface area contributed by atoms with E-state index in [1.54, 1.807) is 49.0 Å². The Bertz CT molecular complexity index is 805. The largest absolute Gasteiger partial charge is 0.462 e. The van der Waals surface area contributed by atoms with Gasteiger partial charge in [0.2, 0.25) is 0 Å². The van der Waals surface area contributed by atoms with Crippen molar-refractivity contribution >= 4 is 52.3 Å². The number of benzene rings is 2. The lowest BCUT2D eigenvalue weighted by Gasteiger charge is -2.12. The van der Waals surface area contributed by atoms with Gasteiger partial charge in [-0.1, -0.05) is 29.8 Å². The molecular weight excluding hydrogens is 407 g/mol. The fourth-order valence-electron chi connectivity index (χ4n) is 2.18. The van der Waals surface area contributed by atoms with Gasteiger partial charge in [0, 0.05) is 23.7 Å². The molecule has 4 nitrogen and oxygen atoms in total. The van der Waals surface area contributed by atoms with E-state index in [-0.39, 0.29) is 18.0 Å². The molecule has 144 valence electrons. The molecule has 0 amide bonds. The summed E-state index contributed by atoms with van der Waals surface area (Å²) in [6.45, 7) is 2.64. The number of thiocarbonyl (C=S) groups is 1. The van der Waals surface area contributed by atoms with Gasteiger partial charge in [-0.3, -0.25) is 0 Å². The van der Waals surface area contributed by atoms with Crippen molar-refractivity contribution in [1.82, 2.24) is 5.32 Å². The summed E-state index contributed by atoms with van der Waals surface area (Å²) in [6, 6.07) is 11.7. The lowest BCUT2D eigenvalue weighted by atomic mass is 10.2. The van der Waals surface area contributed by atoms with Gasteiger partial charge >= 0.3 is 5.97 Å². The number of hydrogen-bond acceptors (Lipinski definition) is 4. The van der Waals surface area contributed by atoms with Crippen LogP contribution in [-0.4, -0.2) is 30.0 Å². The van der Waals surface area contributed by atoms with Crippen LogP contribution in [-0.2, 0) is 10.5 Å². The van der Waals surface area contributed by atoms with Crippen LogP contribution in [0, 0.1) is 5.82 Å². The smallest absolute Gasteiger partial charge is 0.339 e. The molecule has 0 spiro atoms. The van der Waals surface area contributed by atoms with Crippen LogP contribution < -0.4 is 10.6 Å². The van der Waals surface area contributed by atoms with E-state index in [0.717, 1.165) is 5.75 Å². The summed E-state index contributed by atoms with van der Waals surface area (Å²) < 4.78 is 18.5. The highest BCUT2D eigenvalue weighted by Crippen LogP contribution is 2.21. The topological polar surface area (TPSA) is 50.4 Å². The first-order valence-corrected chi connectivity index (χ1v) is 10.3. The summed E-state index contributed by atoms with van der Waals surface area (Å²) in [5, 5.41) is 6.84. The van der Waals surface area contributed by atoms with E-state index in [2.05, 4.69) is 10.6 Å². The highest BCUT2D eigenvalue weighted by atomic mass is 35.5. The van der Waals surface area contributed by atoms with E-state index in [9.17, 15) is 9.18 Å². The number of anilines is 1. The van der Waals surface area contributed by atoms with Gasteiger partial charge in [-0.15, -0.1) is 0 Å². The molecule has 2 aromatic carbocycles. The normalized spacial score (nSPS) is 10.3. The monoisotopic (exact) mass is 426 g/mol. The minimum Gasteiger partial charge on any atom is -0.462 e. The maximum atomic E-state index is 13.5. The zero-order chi connectivity index (χ0) is 19.6. The zero-order valence-electron chi connectivity index (χ0n) is 14.8. The Morgan fingerprint density at radius 3 is 2.81 bits per heavy atom. The predicted molar refractivity (Wildman–Crippen MR) is 114 cm³/mol. The average Bonchev–Trinajstić information content (AvgIpc) is 2.64. The van der Waals surface area contributed by atoms with Crippen molar-refractivity contribution < 1.29 is 13.9 Å². The minimum atomic E-state index is -0.477. The number of nitrogens with one attached hydrogen (secondary N) is 2. The Morgan fingerprint density at radius 1 is 1.30 bits per heavy atom. The number of carbonyl (C=O) groups is 1. The van der Waals surface area contributed by atoms with Gasteiger partial charge in [-0.05, 0) is 49.0 Å². The molecule has 27 heavy (non-hydrogen) atoms. The second kappa shape index (κ2) is 11.1. The van der Waals surface area contributed by atoms with Crippen LogP contribution >= 0.6 is 35.6 Å². The molecule has 0 saturated heterocycles. The van der Waals surface area contributed by atoms with Crippen LogP contribution in [0.4, 0.5) is 10.1 Å². The Hall–Kier alpha value is -1.83. The van der Waals surface area contributed by atoms with Crippen molar-refractivity contribution in [3.63, 3.8) is 0 Å². The molecule has 0 aliphatic carbocycles. The van der Waals surface area contributed by atoms with E-state index in [1.165, 1.54) is 6.07 Å². The van der Waals surface area contributed by atoms with Crippen molar-refractivity contribution in [2.75, 3.05) is 24.2 Å². The Kier molecular flexibility index (Phi) is 8.84. The lowest BCUT2D eigenvalue weighted by molar-refractivity contribution is 0.0526. The van der Waals surface area contributed by atoms with Crippen LogP contribution in [0.5, 0.6) is 0 Å². The molecule has 0 unspecified atom stereocenters. The molecule has 2 aromatic rings. The van der Waals surface area contributed by atoms with Crippen molar-refractivity contribution in [2.45, 2.75) is 12.7 Å². The Labute approximate surface area is 172 Å². The molecule has 0 saturated carbocycles. The van der Waals surface area contributed by atoms with Crippen LogP contribution in [0.1, 0.15) is 22.8 Å². The summed E-state index contributed by atoms with van der Waals surface area (Å²) in [4.78, 5) is 11.9. The first kappa shape index (κ1) is 21.5. The van der Waals surface area contributed by atoms with E-state index in [4.69, 9.17) is 28.6 Å². The molecule has 0 bridgehead atoms. The quantitative estimate of drug-likeness (QED) is 0.356. The standard InChI is InChI=1S/C19H20ClFN2O2S2/c1-2-25-18(24)15-11-14(7-8-16(15)20)23-19(26)22-9-10-27-12-13-5-3-4-6-17(13)21/h3-8,11H,2,9-10,12H2,1H3,(H2,22,23,26). The molecule has 2 N–H and O–H groups in total. The summed E-state index contributed by atoms with van der Waals surface area (Å²) in [7, 11) is 0. The average molecular weight is 427 g/mol. The van der Waals surface area contributed by atoms with Crippen molar-refractivity contribution in [2.24, 2.45) is 0 Å². The molecule has 0 aliphatic heterocycles. The highest BCUT2D eigenvalue weighted by molar-refractivity contribution is 7.98. The molecular formula is C19H20ClFN2O2S2. The van der Waals surface area contributed by atoms with Gasteiger partial charge in [0.05, 0.1) is 17.2 Å². The second-order valence-corrected chi connectivity index (χ2v) is 7.36. The molecule has 8 heteroatoms. The fraction of sp³-hybridized carbons (Fsp3) is 0.263.